The number of amides is 1. The topological polar surface area (TPSA) is 71.0 Å². The van der Waals surface area contributed by atoms with Gasteiger partial charge in [0.15, 0.2) is 5.82 Å². The van der Waals surface area contributed by atoms with Gasteiger partial charge in [-0.3, -0.25) is 4.90 Å². The molecule has 8 nitrogen and oxygen atoms in total. The lowest BCUT2D eigenvalue weighted by atomic mass is 10.0. The molecule has 0 saturated carbocycles. The molecule has 4 rings (SSSR count). The average molecular weight is 635 g/mol. The van der Waals surface area contributed by atoms with Crippen molar-refractivity contribution in [2.75, 3.05) is 38.2 Å². The molecule has 1 aromatic carbocycles. The van der Waals surface area contributed by atoms with Crippen LogP contribution in [-0.2, 0) is 10.9 Å². The van der Waals surface area contributed by atoms with Crippen LogP contribution in [-0.4, -0.2) is 82.4 Å². The van der Waals surface area contributed by atoms with Gasteiger partial charge in [-0.1, -0.05) is 0 Å². The van der Waals surface area contributed by atoms with Gasteiger partial charge >= 0.3 is 18.3 Å². The molecule has 2 unspecified atom stereocenters. The number of aromatic nitrogens is 2. The van der Waals surface area contributed by atoms with Crippen molar-refractivity contribution >= 4 is 38.7 Å². The number of nitrogens with zero attached hydrogens (tertiary/aromatic N) is 5. The summed E-state index contributed by atoms with van der Waals surface area (Å²) in [5.41, 5.74) is -2.41. The highest BCUT2D eigenvalue weighted by atomic mass is 79.9. The normalized spacial score (nSPS) is 24.6. The molecule has 0 spiro atoms. The molecule has 0 bridgehead atoms. The molecule has 13 heteroatoms. The minimum absolute atomic E-state index is 0.0886. The van der Waals surface area contributed by atoms with E-state index in [0.29, 0.717) is 0 Å². The number of carbonyl (C=O) groups is 1. The van der Waals surface area contributed by atoms with Crippen molar-refractivity contribution in [3.63, 3.8) is 0 Å². The van der Waals surface area contributed by atoms with Crippen molar-refractivity contribution in [2.24, 2.45) is 0 Å². The molecule has 2 aliphatic heterocycles. The van der Waals surface area contributed by atoms with E-state index in [1.54, 1.807) is 30.6 Å². The predicted molar refractivity (Wildman–Crippen MR) is 147 cm³/mol. The van der Waals surface area contributed by atoms with E-state index in [9.17, 15) is 18.0 Å². The average Bonchev–Trinajstić information content (AvgIpc) is 3.17. The smallest absolute Gasteiger partial charge is 0.417 e. The van der Waals surface area contributed by atoms with Gasteiger partial charge in [0, 0.05) is 30.6 Å². The number of hydrogen-bond acceptors (Lipinski definition) is 7. The minimum atomic E-state index is -4.81. The van der Waals surface area contributed by atoms with E-state index in [4.69, 9.17) is 9.47 Å². The number of hydrogen-bond donors (Lipinski definition) is 0. The van der Waals surface area contributed by atoms with Crippen LogP contribution in [0.5, 0.6) is 6.01 Å². The van der Waals surface area contributed by atoms with Gasteiger partial charge in [0.2, 0.25) is 0 Å². The van der Waals surface area contributed by atoms with Gasteiger partial charge in [-0.2, -0.15) is 23.1 Å². The highest BCUT2D eigenvalue weighted by molar-refractivity contribution is 9.10. The maximum absolute atomic E-state index is 15.5. The van der Waals surface area contributed by atoms with Crippen molar-refractivity contribution in [2.45, 2.75) is 83.8 Å². The fourth-order valence-electron chi connectivity index (χ4n) is 5.21. The molecular formula is C27H36BrF4N5O3. The van der Waals surface area contributed by atoms with Crippen LogP contribution in [0.4, 0.5) is 28.2 Å². The van der Waals surface area contributed by atoms with Crippen molar-refractivity contribution in [1.29, 1.82) is 0 Å². The molecular weight excluding hydrogens is 598 g/mol. The second kappa shape index (κ2) is 10.8. The summed E-state index contributed by atoms with van der Waals surface area (Å²) in [6.07, 6.45) is -3.40. The van der Waals surface area contributed by atoms with Crippen molar-refractivity contribution < 1.29 is 31.8 Å². The number of halogens is 5. The van der Waals surface area contributed by atoms with E-state index >= 15 is 4.39 Å². The number of benzene rings is 1. The molecule has 222 valence electrons. The molecule has 1 aromatic heterocycles. The molecule has 0 N–H and O–H groups in total. The largest absolute Gasteiger partial charge is 0.461 e. The highest BCUT2D eigenvalue weighted by Crippen LogP contribution is 2.42. The quantitative estimate of drug-likeness (QED) is 0.369. The third-order valence-electron chi connectivity index (χ3n) is 7.66. The standard InChI is InChI=1S/C27H36BrF4N5O3/c1-15-13-37(24(38)40-25(3,4)5)16(2)12-36(15)22-17-11-18(27(30,31)32)19(28)20(29)21(17)33-23(34-22)39-14-26(6)9-8-10-35(26)7/h11,15-16H,8-10,12-14H2,1-7H3/t15?,16?,26-/m0/s1. The molecule has 2 fully saturated rings. The van der Waals surface area contributed by atoms with E-state index in [0.717, 1.165) is 25.5 Å². The number of anilines is 1. The Morgan fingerprint density at radius 2 is 1.85 bits per heavy atom. The highest BCUT2D eigenvalue weighted by Gasteiger charge is 2.40. The Kier molecular flexibility index (Phi) is 8.23. The summed E-state index contributed by atoms with van der Waals surface area (Å²) in [5.74, 6) is -1.03. The van der Waals surface area contributed by atoms with Gasteiger partial charge in [0.1, 0.15) is 23.5 Å². The number of likely N-dealkylation sites (tertiary alicyclic amines) is 1. The van der Waals surface area contributed by atoms with Crippen LogP contribution in [0.1, 0.15) is 59.9 Å². The molecule has 40 heavy (non-hydrogen) atoms. The third-order valence-corrected chi connectivity index (χ3v) is 8.44. The van der Waals surface area contributed by atoms with Gasteiger partial charge in [-0.05, 0) is 90.0 Å². The summed E-state index contributed by atoms with van der Waals surface area (Å²) >= 11 is 2.79. The van der Waals surface area contributed by atoms with Crippen molar-refractivity contribution in [3.8, 4) is 6.01 Å². The number of ether oxygens (including phenoxy) is 2. The Morgan fingerprint density at radius 1 is 1.18 bits per heavy atom. The Labute approximate surface area is 240 Å². The number of rotatable bonds is 4. The van der Waals surface area contributed by atoms with E-state index in [2.05, 4.69) is 30.8 Å². The van der Waals surface area contributed by atoms with Gasteiger partial charge in [-0.25, -0.2) is 9.18 Å². The first-order valence-electron chi connectivity index (χ1n) is 13.3. The van der Waals surface area contributed by atoms with E-state index in [1.165, 1.54) is 0 Å². The summed E-state index contributed by atoms with van der Waals surface area (Å²) in [5, 5.41) is -0.0886. The van der Waals surface area contributed by atoms with Crippen molar-refractivity contribution in [1.82, 2.24) is 19.8 Å². The maximum atomic E-state index is 15.5. The number of likely N-dealkylation sites (N-methyl/N-ethyl adjacent to an activating group) is 1. The summed E-state index contributed by atoms with van der Waals surface area (Å²) in [4.78, 5) is 27.1. The number of carbonyl (C=O) groups excluding carboxylic acids is 1. The molecule has 2 aromatic rings. The molecule has 1 amide bonds. The summed E-state index contributed by atoms with van der Waals surface area (Å²) < 4.78 is 67.9. The molecule has 0 aliphatic carbocycles. The van der Waals surface area contributed by atoms with Crippen LogP contribution in [0, 0.1) is 5.82 Å². The van der Waals surface area contributed by atoms with Gasteiger partial charge in [0.05, 0.1) is 15.6 Å². The van der Waals surface area contributed by atoms with Gasteiger partial charge < -0.3 is 19.3 Å². The Hall–Kier alpha value is -2.41. The number of fused-ring (bicyclic) bond motifs is 1. The second-order valence-electron chi connectivity index (χ2n) is 12.1. The first-order chi connectivity index (χ1) is 18.4. The lowest BCUT2D eigenvalue weighted by molar-refractivity contribution is -0.138. The molecule has 2 aliphatic rings. The number of piperazine rings is 1. The predicted octanol–water partition coefficient (Wildman–Crippen LogP) is 6.25. The van der Waals surface area contributed by atoms with Crippen LogP contribution >= 0.6 is 15.9 Å². The maximum Gasteiger partial charge on any atom is 0.417 e. The molecule has 3 atom stereocenters. The number of alkyl halides is 3. The molecule has 2 saturated heterocycles. The zero-order valence-corrected chi connectivity index (χ0v) is 25.4. The summed E-state index contributed by atoms with van der Waals surface area (Å²) in [6, 6.07) is -0.00209. The van der Waals surface area contributed by atoms with Gasteiger partial charge in [-0.15, -0.1) is 0 Å². The van der Waals surface area contributed by atoms with Crippen LogP contribution in [0.15, 0.2) is 10.5 Å². The zero-order chi connectivity index (χ0) is 29.8. The van der Waals surface area contributed by atoms with E-state index < -0.39 is 33.7 Å². The van der Waals surface area contributed by atoms with Crippen LogP contribution < -0.4 is 9.64 Å². The summed E-state index contributed by atoms with van der Waals surface area (Å²) in [7, 11) is 1.99. The monoisotopic (exact) mass is 633 g/mol. The fourth-order valence-corrected chi connectivity index (χ4v) is 5.74. The Bertz CT molecular complexity index is 1290. The van der Waals surface area contributed by atoms with Crippen LogP contribution in [0.3, 0.4) is 0 Å². The minimum Gasteiger partial charge on any atom is -0.461 e. The Balaban J connectivity index is 1.77. The SMILES string of the molecule is CC1CN(c2nc(OC[C@]3(C)CCCN3C)nc3c(F)c(Br)c(C(F)(F)F)cc23)C(C)CN1C(=O)OC(C)(C)C. The lowest BCUT2D eigenvalue weighted by Crippen LogP contribution is -2.59. The van der Waals surface area contributed by atoms with Gasteiger partial charge in [0.25, 0.3) is 0 Å². The first-order valence-corrected chi connectivity index (χ1v) is 14.1. The second-order valence-corrected chi connectivity index (χ2v) is 12.9. The Morgan fingerprint density at radius 3 is 2.42 bits per heavy atom. The lowest BCUT2D eigenvalue weighted by Gasteiger charge is -2.45. The van der Waals surface area contributed by atoms with E-state index in [1.807, 2.05) is 27.8 Å². The zero-order valence-electron chi connectivity index (χ0n) is 23.8. The van der Waals surface area contributed by atoms with Crippen molar-refractivity contribution in [3.05, 3.63) is 21.9 Å². The molecule has 0 radical (unpaired) electrons. The fraction of sp³-hybridized carbons (Fsp3) is 0.667. The van der Waals surface area contributed by atoms with Crippen LogP contribution in [0.25, 0.3) is 10.9 Å². The third kappa shape index (κ3) is 6.09. The van der Waals surface area contributed by atoms with Crippen LogP contribution in [0.2, 0.25) is 0 Å². The molecule has 3 heterocycles. The summed E-state index contributed by atoms with van der Waals surface area (Å²) in [6.45, 7) is 12.6. The first kappa shape index (κ1) is 30.5. The van der Waals surface area contributed by atoms with E-state index in [-0.39, 0.29) is 60.1 Å².